The number of carbonyl (C=O) groups is 2. The second-order valence-corrected chi connectivity index (χ2v) is 12.5. The lowest BCUT2D eigenvalue weighted by Crippen LogP contribution is -2.40. The van der Waals surface area contributed by atoms with Crippen molar-refractivity contribution in [1.29, 1.82) is 0 Å². The highest BCUT2D eigenvalue weighted by molar-refractivity contribution is 5.94. The highest BCUT2D eigenvalue weighted by Gasteiger charge is 2.34. The van der Waals surface area contributed by atoms with Crippen molar-refractivity contribution in [2.45, 2.75) is 57.9 Å². The van der Waals surface area contributed by atoms with Crippen LogP contribution in [0.3, 0.4) is 0 Å². The molecule has 1 atom stereocenters. The maximum Gasteiger partial charge on any atom is 0.286 e. The molecule has 6 heterocycles. The lowest BCUT2D eigenvalue weighted by Gasteiger charge is -2.33. The van der Waals surface area contributed by atoms with Crippen LogP contribution in [0.1, 0.15) is 78.7 Å². The predicted octanol–water partition coefficient (Wildman–Crippen LogP) is 3.71. The van der Waals surface area contributed by atoms with Crippen LogP contribution in [0.2, 0.25) is 0 Å². The molecule has 4 aromatic heterocycles. The topological polar surface area (TPSA) is 159 Å². The molecule has 2 aliphatic rings. The number of hydrogen-bond acceptors (Lipinski definition) is 7. The Bertz CT molecular complexity index is 2000. The molecule has 2 aliphatic heterocycles. The van der Waals surface area contributed by atoms with Gasteiger partial charge in [0.25, 0.3) is 11.5 Å². The number of rotatable bonds is 6. The quantitative estimate of drug-likeness (QED) is 0.293. The van der Waals surface area contributed by atoms with Gasteiger partial charge in [-0.05, 0) is 55.0 Å². The van der Waals surface area contributed by atoms with Crippen molar-refractivity contribution in [1.82, 2.24) is 33.8 Å². The van der Waals surface area contributed by atoms with Gasteiger partial charge in [-0.2, -0.15) is 9.78 Å². The molecule has 0 aliphatic carbocycles. The summed E-state index contributed by atoms with van der Waals surface area (Å²) in [4.78, 5) is 49.4. The highest BCUT2D eigenvalue weighted by atomic mass is 16.2. The maximum atomic E-state index is 13.5. The summed E-state index contributed by atoms with van der Waals surface area (Å²) in [6.07, 6.45) is 6.38. The Balaban J connectivity index is 1.24. The van der Waals surface area contributed by atoms with Crippen LogP contribution in [0.5, 0.6) is 0 Å². The van der Waals surface area contributed by atoms with Crippen LogP contribution in [0.15, 0.2) is 65.8 Å². The van der Waals surface area contributed by atoms with Crippen LogP contribution in [0.4, 0.5) is 5.82 Å². The monoisotopic (exact) mass is 619 g/mol. The van der Waals surface area contributed by atoms with Crippen molar-refractivity contribution < 1.29 is 9.59 Å². The number of piperidine rings is 1. The van der Waals surface area contributed by atoms with E-state index in [4.69, 9.17) is 11.5 Å². The van der Waals surface area contributed by atoms with Crippen molar-refractivity contribution in [3.63, 3.8) is 0 Å². The Morgan fingerprint density at radius 1 is 0.978 bits per heavy atom. The number of amides is 2. The third kappa shape index (κ3) is 4.84. The molecule has 5 aromatic rings. The average Bonchev–Trinajstić information content (AvgIpc) is 3.61. The third-order valence-electron chi connectivity index (χ3n) is 9.44. The normalized spacial score (nSPS) is 17.0. The van der Waals surface area contributed by atoms with E-state index in [2.05, 4.69) is 21.1 Å². The number of likely N-dealkylation sites (tertiary alicyclic amines) is 1. The van der Waals surface area contributed by atoms with Gasteiger partial charge in [0.15, 0.2) is 11.6 Å². The maximum absolute atomic E-state index is 13.5. The van der Waals surface area contributed by atoms with Gasteiger partial charge < -0.3 is 16.4 Å². The fraction of sp³-hybridized carbons (Fsp3) is 0.353. The molecule has 1 unspecified atom stereocenters. The molecule has 1 aromatic carbocycles. The second-order valence-electron chi connectivity index (χ2n) is 12.5. The van der Waals surface area contributed by atoms with E-state index in [9.17, 15) is 14.4 Å². The number of aromatic nitrogens is 6. The summed E-state index contributed by atoms with van der Waals surface area (Å²) in [7, 11) is 0. The zero-order valence-corrected chi connectivity index (χ0v) is 26.0. The summed E-state index contributed by atoms with van der Waals surface area (Å²) in [5, 5.41) is 4.58. The molecule has 0 bridgehead atoms. The van der Waals surface area contributed by atoms with Crippen molar-refractivity contribution in [3.05, 3.63) is 93.9 Å². The van der Waals surface area contributed by atoms with Crippen LogP contribution in [0.25, 0.3) is 22.5 Å². The van der Waals surface area contributed by atoms with E-state index in [1.165, 1.54) is 11.0 Å². The molecule has 12 heteroatoms. The van der Waals surface area contributed by atoms with Crippen LogP contribution >= 0.6 is 0 Å². The van der Waals surface area contributed by atoms with E-state index in [0.29, 0.717) is 37.0 Å². The molecule has 12 nitrogen and oxygen atoms in total. The standard InChI is InChI=1S/C34H37N9O3/c1-20(2)33(45)40-16-12-23(13-17-40)26-18-25(30-31(35)38-19-39-42(26)30)22-10-8-21(9-11-22)24-6-5-15-41-29(24)28(32(36)44)34(46)43(41)27-7-3-4-14-37-27/h3-4,7-11,14,18-20,23-24H,5-6,12-13,15-17H2,1-2H3,(H2,36,44)(H2,35,38,39). The van der Waals surface area contributed by atoms with E-state index in [1.54, 1.807) is 18.3 Å². The minimum absolute atomic E-state index is 0.00793. The van der Waals surface area contributed by atoms with Crippen LogP contribution < -0.4 is 17.0 Å². The largest absolute Gasteiger partial charge is 0.382 e. The molecule has 7 rings (SSSR count). The lowest BCUT2D eigenvalue weighted by molar-refractivity contribution is -0.135. The zero-order valence-electron chi connectivity index (χ0n) is 26.0. The van der Waals surface area contributed by atoms with E-state index in [0.717, 1.165) is 53.6 Å². The molecule has 0 radical (unpaired) electrons. The van der Waals surface area contributed by atoms with Gasteiger partial charge in [0.1, 0.15) is 17.4 Å². The van der Waals surface area contributed by atoms with Crippen molar-refractivity contribution in [2.24, 2.45) is 11.7 Å². The van der Waals surface area contributed by atoms with Crippen molar-refractivity contribution in [2.75, 3.05) is 18.8 Å². The van der Waals surface area contributed by atoms with Gasteiger partial charge in [-0.25, -0.2) is 14.5 Å². The van der Waals surface area contributed by atoms with E-state index < -0.39 is 11.5 Å². The van der Waals surface area contributed by atoms with Crippen molar-refractivity contribution in [3.8, 4) is 16.9 Å². The first-order valence-electron chi connectivity index (χ1n) is 15.8. The second kappa shape index (κ2) is 11.6. The summed E-state index contributed by atoms with van der Waals surface area (Å²) >= 11 is 0. The number of carbonyl (C=O) groups excluding carboxylic acids is 2. The molecule has 0 spiro atoms. The van der Waals surface area contributed by atoms with E-state index in [-0.39, 0.29) is 29.2 Å². The SMILES string of the molecule is CC(C)C(=O)N1CCC(c2cc(-c3ccc(C4CCCn5c4c(C(N)=O)c(=O)n5-c4ccccn4)cc3)c3c(N)ncnn23)CC1. The van der Waals surface area contributed by atoms with E-state index in [1.807, 2.05) is 58.3 Å². The number of nitrogens with two attached hydrogens (primary N) is 2. The first kappa shape index (κ1) is 29.5. The van der Waals surface area contributed by atoms with Gasteiger partial charge in [-0.15, -0.1) is 0 Å². The number of benzene rings is 1. The highest BCUT2D eigenvalue weighted by Crippen LogP contribution is 2.39. The number of anilines is 1. The van der Waals surface area contributed by atoms with Gasteiger partial charge in [0.2, 0.25) is 5.91 Å². The fourth-order valence-corrected chi connectivity index (χ4v) is 7.24. The van der Waals surface area contributed by atoms with E-state index >= 15 is 0 Å². The molecule has 2 amide bonds. The number of fused-ring (bicyclic) bond motifs is 2. The molecule has 0 saturated carbocycles. The summed E-state index contributed by atoms with van der Waals surface area (Å²) in [6.45, 7) is 5.87. The fourth-order valence-electron chi connectivity index (χ4n) is 7.24. The average molecular weight is 620 g/mol. The van der Waals surface area contributed by atoms with Crippen LogP contribution in [-0.4, -0.2) is 58.7 Å². The van der Waals surface area contributed by atoms with Gasteiger partial charge in [0.05, 0.1) is 5.69 Å². The van der Waals surface area contributed by atoms with Gasteiger partial charge in [-0.1, -0.05) is 44.2 Å². The smallest absolute Gasteiger partial charge is 0.286 e. The molecular weight excluding hydrogens is 582 g/mol. The van der Waals surface area contributed by atoms with Gasteiger partial charge in [-0.3, -0.25) is 19.1 Å². The minimum atomic E-state index is -0.741. The molecule has 46 heavy (non-hydrogen) atoms. The number of nitrogen functional groups attached to an aromatic ring is 1. The summed E-state index contributed by atoms with van der Waals surface area (Å²) in [5.74, 6) is 0.303. The first-order valence-corrected chi connectivity index (χ1v) is 15.8. The minimum Gasteiger partial charge on any atom is -0.382 e. The molecule has 1 saturated heterocycles. The molecule has 4 N–H and O–H groups in total. The lowest BCUT2D eigenvalue weighted by atomic mass is 9.86. The van der Waals surface area contributed by atoms with Crippen LogP contribution in [0, 0.1) is 5.92 Å². The Labute approximate surface area is 265 Å². The Hall–Kier alpha value is -5.26. The number of pyridine rings is 1. The third-order valence-corrected chi connectivity index (χ3v) is 9.44. The molecule has 236 valence electrons. The number of nitrogens with zero attached hydrogens (tertiary/aromatic N) is 7. The Morgan fingerprint density at radius 2 is 1.74 bits per heavy atom. The predicted molar refractivity (Wildman–Crippen MR) is 174 cm³/mol. The van der Waals surface area contributed by atoms with Gasteiger partial charge >= 0.3 is 0 Å². The molecule has 1 fully saturated rings. The first-order chi connectivity index (χ1) is 22.2. The Kier molecular flexibility index (Phi) is 7.42. The number of primary amides is 1. The number of hydrogen-bond donors (Lipinski definition) is 2. The van der Waals surface area contributed by atoms with Gasteiger partial charge in [0, 0.05) is 54.8 Å². The summed E-state index contributed by atoms with van der Waals surface area (Å²) in [5.41, 5.74) is 17.1. The zero-order chi connectivity index (χ0) is 32.1. The Morgan fingerprint density at radius 3 is 2.41 bits per heavy atom. The molecular formula is C34H37N9O3. The van der Waals surface area contributed by atoms with Crippen molar-refractivity contribution >= 4 is 23.1 Å². The summed E-state index contributed by atoms with van der Waals surface area (Å²) < 4.78 is 5.23. The summed E-state index contributed by atoms with van der Waals surface area (Å²) in [6, 6.07) is 15.7. The van der Waals surface area contributed by atoms with Crippen LogP contribution in [-0.2, 0) is 11.3 Å².